The van der Waals surface area contributed by atoms with Gasteiger partial charge in [-0.1, -0.05) is 20.8 Å². The number of carboxylic acid groups (broad SMARTS) is 1. The van der Waals surface area contributed by atoms with Crippen molar-refractivity contribution in [1.82, 2.24) is 0 Å². The Labute approximate surface area is 261 Å². The topological polar surface area (TPSA) is 157 Å². The van der Waals surface area contributed by atoms with Crippen molar-refractivity contribution in [1.29, 1.82) is 0 Å². The maximum absolute atomic E-state index is 13.3. The normalized spacial score (nSPS) is 38.8. The molecule has 4 aliphatic carbocycles. The van der Waals surface area contributed by atoms with E-state index in [1.165, 1.54) is 0 Å². The van der Waals surface area contributed by atoms with Gasteiger partial charge in [0.15, 0.2) is 6.61 Å². The number of aliphatic carboxylic acids is 1. The van der Waals surface area contributed by atoms with Gasteiger partial charge in [-0.25, -0.2) is 4.79 Å². The van der Waals surface area contributed by atoms with E-state index in [0.29, 0.717) is 25.7 Å². The summed E-state index contributed by atoms with van der Waals surface area (Å²) in [6, 6.07) is 0. The molecule has 0 aromatic heterocycles. The van der Waals surface area contributed by atoms with Crippen molar-refractivity contribution in [3.05, 3.63) is 0 Å². The molecule has 4 saturated carbocycles. The highest BCUT2D eigenvalue weighted by Crippen LogP contribution is 2.69. The van der Waals surface area contributed by atoms with Gasteiger partial charge in [0.05, 0.1) is 25.0 Å². The molecule has 4 fully saturated rings. The second-order valence-corrected chi connectivity index (χ2v) is 15.6. The van der Waals surface area contributed by atoms with Crippen LogP contribution < -0.4 is 0 Å². The molecule has 0 amide bonds. The van der Waals surface area contributed by atoms with Crippen molar-refractivity contribution < 1.29 is 48.7 Å². The summed E-state index contributed by atoms with van der Waals surface area (Å²) in [4.78, 5) is 49.0. The minimum Gasteiger partial charge on any atom is -0.481 e. The highest BCUT2D eigenvalue weighted by atomic mass is 16.6. The summed E-state index contributed by atoms with van der Waals surface area (Å²) in [5.41, 5.74) is -1.25. The SMILES string of the molecule is CC(CCC(=O)O)C1CCC2C3C(O)CC4CC(O)CCC4(C)C3CC(OC(=O)CCC(=O)OCC(=O)OC(C)(C)C)C12C. The molecule has 4 rings (SSSR count). The summed E-state index contributed by atoms with van der Waals surface area (Å²) in [5.74, 6) is -2.02. The van der Waals surface area contributed by atoms with Crippen LogP contribution in [0.15, 0.2) is 0 Å². The van der Waals surface area contributed by atoms with Crippen LogP contribution in [0.1, 0.15) is 112 Å². The third-order valence-corrected chi connectivity index (χ3v) is 11.9. The molecule has 10 heteroatoms. The Morgan fingerprint density at radius 1 is 0.886 bits per heavy atom. The first-order valence-electron chi connectivity index (χ1n) is 16.6. The van der Waals surface area contributed by atoms with Crippen molar-refractivity contribution >= 4 is 23.9 Å². The number of esters is 3. The van der Waals surface area contributed by atoms with Crippen LogP contribution in [0.3, 0.4) is 0 Å². The second-order valence-electron chi connectivity index (χ2n) is 15.6. The largest absolute Gasteiger partial charge is 0.481 e. The summed E-state index contributed by atoms with van der Waals surface area (Å²) < 4.78 is 16.5. The summed E-state index contributed by atoms with van der Waals surface area (Å²) in [5, 5.41) is 31.4. The smallest absolute Gasteiger partial charge is 0.344 e. The minimum absolute atomic E-state index is 0.0472. The Bertz CT molecular complexity index is 1080. The average Bonchev–Trinajstić information content (AvgIpc) is 3.28. The molecule has 0 heterocycles. The number of carboxylic acids is 1. The monoisotopic (exact) mass is 622 g/mol. The van der Waals surface area contributed by atoms with Crippen LogP contribution in [0.2, 0.25) is 0 Å². The van der Waals surface area contributed by atoms with E-state index in [1.807, 2.05) is 0 Å². The number of fused-ring (bicyclic) bond motifs is 5. The van der Waals surface area contributed by atoms with Crippen LogP contribution >= 0.6 is 0 Å². The molecule has 0 saturated heterocycles. The molecular formula is C34H54O10. The molecule has 10 nitrogen and oxygen atoms in total. The van der Waals surface area contributed by atoms with Crippen LogP contribution in [-0.2, 0) is 33.4 Å². The first-order chi connectivity index (χ1) is 20.5. The van der Waals surface area contributed by atoms with Crippen LogP contribution in [0.25, 0.3) is 0 Å². The van der Waals surface area contributed by atoms with Crippen LogP contribution in [0, 0.1) is 46.3 Å². The molecule has 0 aromatic rings. The Morgan fingerprint density at radius 2 is 1.57 bits per heavy atom. The first-order valence-corrected chi connectivity index (χ1v) is 16.6. The van der Waals surface area contributed by atoms with Crippen molar-refractivity contribution in [2.45, 2.75) is 136 Å². The molecule has 0 aromatic carbocycles. The van der Waals surface area contributed by atoms with Crippen LogP contribution in [-0.4, -0.2) is 69.7 Å². The summed E-state index contributed by atoms with van der Waals surface area (Å²) in [6.07, 6.45) is 4.14. The van der Waals surface area contributed by atoms with Gasteiger partial charge in [0.25, 0.3) is 0 Å². The highest BCUT2D eigenvalue weighted by Gasteiger charge is 2.66. The van der Waals surface area contributed by atoms with Gasteiger partial charge in [-0.2, -0.15) is 0 Å². The van der Waals surface area contributed by atoms with E-state index in [-0.39, 0.29) is 66.3 Å². The van der Waals surface area contributed by atoms with Gasteiger partial charge in [-0.3, -0.25) is 14.4 Å². The Morgan fingerprint density at radius 3 is 2.23 bits per heavy atom. The predicted molar refractivity (Wildman–Crippen MR) is 160 cm³/mol. The van der Waals surface area contributed by atoms with Gasteiger partial charge < -0.3 is 29.5 Å². The van der Waals surface area contributed by atoms with Gasteiger partial charge in [-0.15, -0.1) is 0 Å². The molecule has 44 heavy (non-hydrogen) atoms. The highest BCUT2D eigenvalue weighted by molar-refractivity contribution is 5.80. The van der Waals surface area contributed by atoms with E-state index >= 15 is 0 Å². The lowest BCUT2D eigenvalue weighted by Gasteiger charge is -2.63. The molecular weight excluding hydrogens is 568 g/mol. The number of hydrogen-bond donors (Lipinski definition) is 3. The fourth-order valence-electron chi connectivity index (χ4n) is 9.84. The van der Waals surface area contributed by atoms with E-state index in [4.69, 9.17) is 14.2 Å². The van der Waals surface area contributed by atoms with E-state index in [0.717, 1.165) is 25.7 Å². The van der Waals surface area contributed by atoms with Gasteiger partial charge >= 0.3 is 23.9 Å². The van der Waals surface area contributed by atoms with Crippen molar-refractivity contribution in [3.63, 3.8) is 0 Å². The maximum Gasteiger partial charge on any atom is 0.344 e. The molecule has 4 aliphatic rings. The second kappa shape index (κ2) is 13.3. The lowest BCUT2D eigenvalue weighted by molar-refractivity contribution is -0.218. The molecule has 11 atom stereocenters. The molecule has 0 spiro atoms. The third-order valence-electron chi connectivity index (χ3n) is 11.9. The first kappa shape index (κ1) is 34.7. The zero-order valence-corrected chi connectivity index (χ0v) is 27.4. The van der Waals surface area contributed by atoms with Gasteiger partial charge in [-0.05, 0) is 113 Å². The lowest BCUT2D eigenvalue weighted by Crippen LogP contribution is -2.63. The Hall–Kier alpha value is -2.20. The number of rotatable bonds is 10. The van der Waals surface area contributed by atoms with Crippen molar-refractivity contribution in [3.8, 4) is 0 Å². The zero-order chi connectivity index (χ0) is 32.6. The van der Waals surface area contributed by atoms with Crippen LogP contribution in [0.5, 0.6) is 0 Å². The van der Waals surface area contributed by atoms with Gasteiger partial charge in [0.2, 0.25) is 0 Å². The Balaban J connectivity index is 1.51. The lowest BCUT2D eigenvalue weighted by atomic mass is 9.43. The molecule has 250 valence electrons. The number of carbonyl (C=O) groups is 4. The quantitative estimate of drug-likeness (QED) is 0.231. The molecule has 0 aliphatic heterocycles. The van der Waals surface area contributed by atoms with E-state index in [2.05, 4.69) is 20.8 Å². The number of ether oxygens (including phenoxy) is 3. The van der Waals surface area contributed by atoms with E-state index in [1.54, 1.807) is 20.8 Å². The number of hydrogen-bond acceptors (Lipinski definition) is 9. The number of carbonyl (C=O) groups excluding carboxylic acids is 3. The zero-order valence-electron chi connectivity index (χ0n) is 27.4. The molecule has 3 N–H and O–H groups in total. The molecule has 0 bridgehead atoms. The fourth-order valence-corrected chi connectivity index (χ4v) is 9.84. The summed E-state index contributed by atoms with van der Waals surface area (Å²) in [7, 11) is 0. The maximum atomic E-state index is 13.3. The van der Waals surface area contributed by atoms with Gasteiger partial charge in [0.1, 0.15) is 11.7 Å². The van der Waals surface area contributed by atoms with Crippen molar-refractivity contribution in [2.24, 2.45) is 46.3 Å². The predicted octanol–water partition coefficient (Wildman–Crippen LogP) is 4.66. The average molecular weight is 623 g/mol. The third kappa shape index (κ3) is 7.27. The summed E-state index contributed by atoms with van der Waals surface area (Å²) >= 11 is 0. The molecule has 11 unspecified atom stereocenters. The van der Waals surface area contributed by atoms with Gasteiger partial charge in [0, 0.05) is 11.8 Å². The molecule has 0 radical (unpaired) electrons. The standard InChI is InChI=1S/C34H54O10/c1-19(7-10-27(37)38)22-8-9-23-31-24(33(5)14-13-21(35)15-20(33)16-25(31)36)17-26(34(22,23)6)43-29(40)12-11-28(39)42-18-30(41)44-32(2,3)4/h19-26,31,35-36H,7-18H2,1-6H3,(H,37,38). The Kier molecular flexibility index (Phi) is 10.5. The number of aliphatic hydroxyl groups is 2. The number of aliphatic hydroxyl groups excluding tert-OH is 2. The fraction of sp³-hybridized carbons (Fsp3) is 0.882. The van der Waals surface area contributed by atoms with Crippen LogP contribution in [0.4, 0.5) is 0 Å². The van der Waals surface area contributed by atoms with E-state index < -0.39 is 53.7 Å². The van der Waals surface area contributed by atoms with Crippen molar-refractivity contribution in [2.75, 3.05) is 6.61 Å². The summed E-state index contributed by atoms with van der Waals surface area (Å²) in [6.45, 7) is 11.2. The minimum atomic E-state index is -0.831. The van der Waals surface area contributed by atoms with E-state index in [9.17, 15) is 34.5 Å².